The monoisotopic (exact) mass is 554 g/mol. The third-order valence-electron chi connectivity index (χ3n) is 6.68. The van der Waals surface area contributed by atoms with E-state index in [0.29, 0.717) is 28.0 Å². The summed E-state index contributed by atoms with van der Waals surface area (Å²) in [5.41, 5.74) is 16.0. The smallest absolute Gasteiger partial charge is 0.305 e. The molecule has 0 radical (unpaired) electrons. The lowest BCUT2D eigenvalue weighted by Crippen LogP contribution is -2.28. The van der Waals surface area contributed by atoms with Crippen LogP contribution in [-0.2, 0) is 4.79 Å². The molecule has 0 aliphatic carbocycles. The Hall–Kier alpha value is -5.52. The van der Waals surface area contributed by atoms with E-state index in [4.69, 9.17) is 11.5 Å². The third-order valence-corrected chi connectivity index (χ3v) is 6.68. The van der Waals surface area contributed by atoms with Crippen molar-refractivity contribution in [3.63, 3.8) is 0 Å². The molecule has 0 saturated heterocycles. The van der Waals surface area contributed by atoms with Gasteiger partial charge in [0.2, 0.25) is 0 Å². The molecule has 0 spiro atoms. The second-order valence-corrected chi connectivity index (χ2v) is 9.51. The van der Waals surface area contributed by atoms with E-state index in [9.17, 15) is 19.1 Å². The minimum Gasteiger partial charge on any atom is -0.481 e. The number of aromatic nitrogens is 4. The lowest BCUT2D eigenvalue weighted by atomic mass is 9.99. The highest BCUT2D eigenvalue weighted by Crippen LogP contribution is 2.32. The fourth-order valence-electron chi connectivity index (χ4n) is 4.58. The summed E-state index contributed by atoms with van der Waals surface area (Å²) in [5, 5.41) is 16.3. The van der Waals surface area contributed by atoms with E-state index in [-0.39, 0.29) is 29.3 Å². The number of H-pyrrole nitrogens is 1. The molecule has 208 valence electrons. The fourth-order valence-corrected chi connectivity index (χ4v) is 4.58. The zero-order valence-corrected chi connectivity index (χ0v) is 21.9. The number of nitrogens with two attached hydrogens (primary N) is 2. The average molecular weight is 555 g/mol. The second kappa shape index (κ2) is 11.3. The van der Waals surface area contributed by atoms with Gasteiger partial charge >= 0.3 is 5.97 Å². The first-order valence-electron chi connectivity index (χ1n) is 12.7. The Kier molecular flexibility index (Phi) is 7.46. The van der Waals surface area contributed by atoms with E-state index in [1.54, 1.807) is 37.4 Å². The molecule has 5 aromatic rings. The highest BCUT2D eigenvalue weighted by Gasteiger charge is 2.22. The number of fused-ring (bicyclic) bond motifs is 1. The number of carbonyl (C=O) groups is 2. The van der Waals surface area contributed by atoms with Crippen LogP contribution in [0.5, 0.6) is 0 Å². The third kappa shape index (κ3) is 5.91. The number of hydrogen-bond donors (Lipinski definition) is 6. The van der Waals surface area contributed by atoms with Gasteiger partial charge in [-0.05, 0) is 41.8 Å². The molecule has 3 heterocycles. The number of aromatic amines is 1. The van der Waals surface area contributed by atoms with Crippen molar-refractivity contribution in [2.75, 3.05) is 16.8 Å². The molecular weight excluding hydrogens is 527 g/mol. The van der Waals surface area contributed by atoms with E-state index in [1.807, 2.05) is 12.1 Å². The number of hydrogen-bond acceptors (Lipinski definition) is 8. The molecule has 3 aromatic heterocycles. The molecular formula is C29H27FN8O3. The molecule has 8 N–H and O–H groups in total. The van der Waals surface area contributed by atoms with Crippen LogP contribution in [-0.4, -0.2) is 36.9 Å². The normalized spacial score (nSPS) is 12.5. The van der Waals surface area contributed by atoms with Gasteiger partial charge in [-0.3, -0.25) is 9.59 Å². The number of benzene rings is 2. The van der Waals surface area contributed by atoms with E-state index in [1.165, 1.54) is 30.7 Å². The Balaban J connectivity index is 1.41. The Morgan fingerprint density at radius 2 is 1.73 bits per heavy atom. The minimum absolute atomic E-state index is 0.139. The number of rotatable bonds is 9. The van der Waals surface area contributed by atoms with Crippen molar-refractivity contribution in [1.82, 2.24) is 25.3 Å². The van der Waals surface area contributed by atoms with Crippen LogP contribution in [0.2, 0.25) is 0 Å². The van der Waals surface area contributed by atoms with Crippen LogP contribution in [0.25, 0.3) is 22.2 Å². The van der Waals surface area contributed by atoms with Gasteiger partial charge in [-0.15, -0.1) is 0 Å². The molecule has 12 heteroatoms. The predicted molar refractivity (Wildman–Crippen MR) is 153 cm³/mol. The zero-order chi connectivity index (χ0) is 29.1. The first-order chi connectivity index (χ1) is 19.7. The Bertz CT molecular complexity index is 1720. The van der Waals surface area contributed by atoms with Crippen molar-refractivity contribution >= 4 is 40.2 Å². The van der Waals surface area contributed by atoms with Crippen LogP contribution in [0.1, 0.15) is 46.9 Å². The van der Waals surface area contributed by atoms with E-state index < -0.39 is 24.0 Å². The van der Waals surface area contributed by atoms with Crippen molar-refractivity contribution in [2.24, 2.45) is 0 Å². The largest absolute Gasteiger partial charge is 0.481 e. The van der Waals surface area contributed by atoms with Gasteiger partial charge in [-0.25, -0.2) is 19.3 Å². The van der Waals surface area contributed by atoms with Gasteiger partial charge < -0.3 is 32.2 Å². The molecule has 2 atom stereocenters. The molecule has 0 aliphatic heterocycles. The zero-order valence-electron chi connectivity index (χ0n) is 21.9. The van der Waals surface area contributed by atoms with Gasteiger partial charge in [0.05, 0.1) is 41.3 Å². The van der Waals surface area contributed by atoms with Crippen LogP contribution < -0.4 is 22.1 Å². The van der Waals surface area contributed by atoms with Crippen LogP contribution >= 0.6 is 0 Å². The lowest BCUT2D eigenvalue weighted by molar-refractivity contribution is -0.137. The summed E-state index contributed by atoms with van der Waals surface area (Å²) >= 11 is 0. The molecule has 41 heavy (non-hydrogen) atoms. The number of halogens is 1. The Morgan fingerprint density at radius 3 is 2.44 bits per heavy atom. The van der Waals surface area contributed by atoms with E-state index >= 15 is 0 Å². The standard InChI is InChI=1S/C29H27FN8O3/c1-15(16-6-8-19(30)9-7-16)37-29(41)21-10-20(31)12-33-27(21)38-23(11-24(39)40)18-4-2-17(3-5-18)22-13-34-28-25(22)26(32)35-14-36-28/h2-10,12-15,23H,11,31H2,1H3,(H,33,38)(H,37,41)(H,39,40)(H3,32,34,35,36)/t15-,23+/m0/s1. The topological polar surface area (TPSA) is 185 Å². The minimum atomic E-state index is -1.04. The first kappa shape index (κ1) is 27.1. The molecule has 11 nitrogen and oxygen atoms in total. The summed E-state index contributed by atoms with van der Waals surface area (Å²) in [6.45, 7) is 1.76. The maximum atomic E-state index is 13.3. The number of carboxylic acids is 1. The number of pyridine rings is 1. The molecule has 0 bridgehead atoms. The average Bonchev–Trinajstić information content (AvgIpc) is 3.39. The SMILES string of the molecule is C[C@H](NC(=O)c1cc(N)cnc1N[C@H](CC(=O)O)c1ccc(-c2c[nH]c3ncnc(N)c23)cc1)c1ccc(F)cc1. The van der Waals surface area contributed by atoms with Crippen LogP contribution in [0.3, 0.4) is 0 Å². The van der Waals surface area contributed by atoms with Crippen molar-refractivity contribution in [3.05, 3.63) is 95.8 Å². The molecule has 2 aromatic carbocycles. The lowest BCUT2D eigenvalue weighted by Gasteiger charge is -2.21. The Morgan fingerprint density at radius 1 is 1.02 bits per heavy atom. The van der Waals surface area contributed by atoms with Crippen LogP contribution in [0.4, 0.5) is 21.7 Å². The quantitative estimate of drug-likeness (QED) is 0.153. The maximum absolute atomic E-state index is 13.3. The number of nitrogens with one attached hydrogen (secondary N) is 3. The number of carbonyl (C=O) groups excluding carboxylic acids is 1. The summed E-state index contributed by atoms with van der Waals surface area (Å²) in [6, 6.07) is 13.4. The summed E-state index contributed by atoms with van der Waals surface area (Å²) in [5.74, 6) is -1.39. The fraction of sp³-hybridized carbons (Fsp3) is 0.138. The molecule has 0 aliphatic rings. The molecule has 1 amide bonds. The number of aliphatic carboxylic acids is 1. The maximum Gasteiger partial charge on any atom is 0.305 e. The van der Waals surface area contributed by atoms with Crippen molar-refractivity contribution < 1.29 is 19.1 Å². The van der Waals surface area contributed by atoms with Gasteiger partial charge in [0, 0.05) is 11.8 Å². The number of nitrogen functional groups attached to an aromatic ring is 2. The predicted octanol–water partition coefficient (Wildman–Crippen LogP) is 4.44. The summed E-state index contributed by atoms with van der Waals surface area (Å²) in [4.78, 5) is 40.7. The second-order valence-electron chi connectivity index (χ2n) is 9.51. The number of carboxylic acid groups (broad SMARTS) is 1. The van der Waals surface area contributed by atoms with Crippen LogP contribution in [0.15, 0.2) is 73.3 Å². The van der Waals surface area contributed by atoms with Crippen molar-refractivity contribution in [3.8, 4) is 11.1 Å². The number of anilines is 3. The van der Waals surface area contributed by atoms with Gasteiger partial charge in [0.15, 0.2) is 0 Å². The molecule has 5 rings (SSSR count). The molecule has 0 saturated carbocycles. The van der Waals surface area contributed by atoms with Gasteiger partial charge in [0.1, 0.15) is 29.4 Å². The van der Waals surface area contributed by atoms with Crippen LogP contribution in [0, 0.1) is 5.82 Å². The highest BCUT2D eigenvalue weighted by atomic mass is 19.1. The Labute approximate surface area is 233 Å². The molecule has 0 unspecified atom stereocenters. The highest BCUT2D eigenvalue weighted by molar-refractivity contribution is 6.00. The van der Waals surface area contributed by atoms with Crippen molar-refractivity contribution in [1.29, 1.82) is 0 Å². The summed E-state index contributed by atoms with van der Waals surface area (Å²) < 4.78 is 13.3. The van der Waals surface area contributed by atoms with Gasteiger partial charge in [-0.2, -0.15) is 0 Å². The first-order valence-corrected chi connectivity index (χ1v) is 12.7. The van der Waals surface area contributed by atoms with E-state index in [0.717, 1.165) is 11.1 Å². The summed E-state index contributed by atoms with van der Waals surface area (Å²) in [6.07, 6.45) is 4.26. The number of amides is 1. The van der Waals surface area contributed by atoms with E-state index in [2.05, 4.69) is 30.6 Å². The van der Waals surface area contributed by atoms with Crippen molar-refractivity contribution in [2.45, 2.75) is 25.4 Å². The van der Waals surface area contributed by atoms with Gasteiger partial charge in [0.25, 0.3) is 5.91 Å². The molecule has 0 fully saturated rings. The van der Waals surface area contributed by atoms with Gasteiger partial charge in [-0.1, -0.05) is 36.4 Å². The number of nitrogens with zero attached hydrogens (tertiary/aromatic N) is 3. The summed E-state index contributed by atoms with van der Waals surface area (Å²) in [7, 11) is 0.